The fourth-order valence-corrected chi connectivity index (χ4v) is 3.00. The Bertz CT molecular complexity index is 648. The molecule has 0 bridgehead atoms. The smallest absolute Gasteiger partial charge is 0.260 e. The van der Waals surface area contributed by atoms with Gasteiger partial charge in [-0.05, 0) is 12.1 Å². The second kappa shape index (κ2) is 5.18. The largest absolute Gasteiger partial charge is 0.508 e. The summed E-state index contributed by atoms with van der Waals surface area (Å²) >= 11 is 1.39. The number of aromatic hydroxyl groups is 1. The number of benzene rings is 1. The van der Waals surface area contributed by atoms with E-state index in [9.17, 15) is 9.18 Å². The molecule has 2 heterocycles. The van der Waals surface area contributed by atoms with Gasteiger partial charge in [0.1, 0.15) is 11.6 Å². The molecular weight excluding hydrogens is 281 g/mol. The molecule has 3 N–H and O–H groups in total. The van der Waals surface area contributed by atoms with Gasteiger partial charge in [0.25, 0.3) is 5.91 Å². The summed E-state index contributed by atoms with van der Waals surface area (Å²) < 4.78 is 13.6. The monoisotopic (exact) mass is 293 g/mol. The molecular formula is C13H12FN3O2S. The summed E-state index contributed by atoms with van der Waals surface area (Å²) in [5.41, 5.74) is 0.865. The first-order valence-electron chi connectivity index (χ1n) is 6.12. The Balaban J connectivity index is 1.80. The van der Waals surface area contributed by atoms with E-state index in [1.807, 2.05) is 0 Å². The van der Waals surface area contributed by atoms with Crippen molar-refractivity contribution in [2.24, 2.45) is 0 Å². The Morgan fingerprint density at radius 2 is 2.35 bits per heavy atom. The van der Waals surface area contributed by atoms with E-state index in [2.05, 4.69) is 15.6 Å². The zero-order chi connectivity index (χ0) is 14.1. The van der Waals surface area contributed by atoms with Crippen LogP contribution < -0.4 is 10.6 Å². The van der Waals surface area contributed by atoms with Gasteiger partial charge in [0.15, 0.2) is 5.13 Å². The fraction of sp³-hybridized carbons (Fsp3) is 0.231. The number of phenols is 1. The second-order valence-corrected chi connectivity index (χ2v) is 5.52. The SMILES string of the molecule is O=C(Nc1nc2c(s1)CNCC2)c1ccc(O)cc1F. The minimum absolute atomic E-state index is 0.117. The highest BCUT2D eigenvalue weighted by Gasteiger charge is 2.18. The average molecular weight is 293 g/mol. The number of rotatable bonds is 2. The number of hydrogen-bond donors (Lipinski definition) is 3. The third-order valence-electron chi connectivity index (χ3n) is 3.02. The molecule has 1 amide bonds. The van der Waals surface area contributed by atoms with Crippen molar-refractivity contribution >= 4 is 22.4 Å². The summed E-state index contributed by atoms with van der Waals surface area (Å²) in [5.74, 6) is -1.54. The standard InChI is InChI=1S/C13H12FN3O2S/c14-9-5-7(18)1-2-8(9)12(19)17-13-16-10-3-4-15-6-11(10)20-13/h1-2,5,15,18H,3-4,6H2,(H,16,17,19). The van der Waals surface area contributed by atoms with Gasteiger partial charge < -0.3 is 10.4 Å². The van der Waals surface area contributed by atoms with E-state index < -0.39 is 11.7 Å². The maximum Gasteiger partial charge on any atom is 0.260 e. The number of aromatic nitrogens is 1. The summed E-state index contributed by atoms with van der Waals surface area (Å²) in [6.07, 6.45) is 0.829. The van der Waals surface area contributed by atoms with Crippen molar-refractivity contribution in [1.29, 1.82) is 0 Å². The van der Waals surface area contributed by atoms with E-state index in [0.29, 0.717) is 5.13 Å². The molecule has 5 nitrogen and oxygen atoms in total. The highest BCUT2D eigenvalue weighted by molar-refractivity contribution is 7.15. The Morgan fingerprint density at radius 1 is 1.50 bits per heavy atom. The summed E-state index contributed by atoms with van der Waals surface area (Å²) in [5, 5.41) is 15.4. The van der Waals surface area contributed by atoms with Gasteiger partial charge in [0.05, 0.1) is 11.3 Å². The number of phenolic OH excluding ortho intramolecular Hbond substituents is 1. The molecule has 0 radical (unpaired) electrons. The van der Waals surface area contributed by atoms with Crippen LogP contribution in [0, 0.1) is 5.82 Å². The van der Waals surface area contributed by atoms with Gasteiger partial charge in [-0.25, -0.2) is 9.37 Å². The lowest BCUT2D eigenvalue weighted by Gasteiger charge is -2.09. The van der Waals surface area contributed by atoms with E-state index in [0.717, 1.165) is 36.1 Å². The van der Waals surface area contributed by atoms with Crippen LogP contribution in [0.1, 0.15) is 20.9 Å². The maximum absolute atomic E-state index is 13.6. The molecule has 1 aromatic heterocycles. The van der Waals surface area contributed by atoms with Gasteiger partial charge in [0, 0.05) is 30.5 Å². The predicted molar refractivity (Wildman–Crippen MR) is 73.5 cm³/mol. The molecule has 20 heavy (non-hydrogen) atoms. The molecule has 1 aliphatic heterocycles. The summed E-state index contributed by atoms with van der Waals surface area (Å²) in [6.45, 7) is 1.62. The van der Waals surface area contributed by atoms with Crippen LogP contribution in [0.2, 0.25) is 0 Å². The lowest BCUT2D eigenvalue weighted by atomic mass is 10.2. The Kier molecular flexibility index (Phi) is 3.37. The third kappa shape index (κ3) is 2.50. The Morgan fingerprint density at radius 3 is 3.10 bits per heavy atom. The van der Waals surface area contributed by atoms with Crippen molar-refractivity contribution in [3.05, 3.63) is 40.2 Å². The molecule has 2 aromatic rings. The molecule has 0 saturated heterocycles. The van der Waals surface area contributed by atoms with Gasteiger partial charge in [-0.15, -0.1) is 11.3 Å². The van der Waals surface area contributed by atoms with E-state index in [-0.39, 0.29) is 11.3 Å². The number of halogens is 1. The fourth-order valence-electron chi connectivity index (χ4n) is 2.03. The van der Waals surface area contributed by atoms with Crippen LogP contribution in [-0.2, 0) is 13.0 Å². The quantitative estimate of drug-likeness (QED) is 0.790. The van der Waals surface area contributed by atoms with Gasteiger partial charge in [-0.3, -0.25) is 10.1 Å². The van der Waals surface area contributed by atoms with Crippen LogP contribution in [-0.4, -0.2) is 22.5 Å². The van der Waals surface area contributed by atoms with Crippen LogP contribution in [0.4, 0.5) is 9.52 Å². The van der Waals surface area contributed by atoms with E-state index in [1.165, 1.54) is 23.5 Å². The number of thiazole rings is 1. The summed E-state index contributed by atoms with van der Waals surface area (Å²) in [6, 6.07) is 3.43. The van der Waals surface area contributed by atoms with Crippen molar-refractivity contribution in [3.8, 4) is 5.75 Å². The first-order valence-corrected chi connectivity index (χ1v) is 6.94. The topological polar surface area (TPSA) is 74.2 Å². The van der Waals surface area contributed by atoms with Crippen molar-refractivity contribution in [1.82, 2.24) is 10.3 Å². The number of anilines is 1. The normalized spacial score (nSPS) is 13.8. The number of nitrogens with zero attached hydrogens (tertiary/aromatic N) is 1. The summed E-state index contributed by atoms with van der Waals surface area (Å²) in [4.78, 5) is 17.4. The number of amides is 1. The summed E-state index contributed by atoms with van der Waals surface area (Å²) in [7, 11) is 0. The predicted octanol–water partition coefficient (Wildman–Crippen LogP) is 1.89. The molecule has 0 spiro atoms. The minimum atomic E-state index is -0.759. The van der Waals surface area contributed by atoms with E-state index in [4.69, 9.17) is 5.11 Å². The Labute approximate surface area is 118 Å². The number of carbonyl (C=O) groups excluding carboxylic acids is 1. The van der Waals surface area contributed by atoms with Crippen LogP contribution in [0.3, 0.4) is 0 Å². The van der Waals surface area contributed by atoms with Gasteiger partial charge in [-0.2, -0.15) is 0 Å². The van der Waals surface area contributed by atoms with E-state index in [1.54, 1.807) is 0 Å². The van der Waals surface area contributed by atoms with Gasteiger partial charge in [-0.1, -0.05) is 0 Å². The first-order chi connectivity index (χ1) is 9.63. The average Bonchev–Trinajstić information content (AvgIpc) is 2.80. The van der Waals surface area contributed by atoms with Gasteiger partial charge >= 0.3 is 0 Å². The van der Waals surface area contributed by atoms with Crippen molar-refractivity contribution < 1.29 is 14.3 Å². The van der Waals surface area contributed by atoms with Gasteiger partial charge in [0.2, 0.25) is 0 Å². The van der Waals surface area contributed by atoms with Crippen molar-refractivity contribution in [2.45, 2.75) is 13.0 Å². The molecule has 0 fully saturated rings. The lowest BCUT2D eigenvalue weighted by Crippen LogP contribution is -2.22. The zero-order valence-corrected chi connectivity index (χ0v) is 11.3. The highest BCUT2D eigenvalue weighted by atomic mass is 32.1. The van der Waals surface area contributed by atoms with Crippen LogP contribution in [0.15, 0.2) is 18.2 Å². The molecule has 104 valence electrons. The zero-order valence-electron chi connectivity index (χ0n) is 10.4. The van der Waals surface area contributed by atoms with Crippen LogP contribution >= 0.6 is 11.3 Å². The minimum Gasteiger partial charge on any atom is -0.508 e. The molecule has 0 saturated carbocycles. The van der Waals surface area contributed by atoms with Crippen LogP contribution in [0.25, 0.3) is 0 Å². The number of carbonyl (C=O) groups is 1. The molecule has 7 heteroatoms. The van der Waals surface area contributed by atoms with Crippen molar-refractivity contribution in [3.63, 3.8) is 0 Å². The molecule has 0 aliphatic carbocycles. The number of fused-ring (bicyclic) bond motifs is 1. The molecule has 3 rings (SSSR count). The number of nitrogens with one attached hydrogen (secondary N) is 2. The van der Waals surface area contributed by atoms with Crippen molar-refractivity contribution in [2.75, 3.05) is 11.9 Å². The van der Waals surface area contributed by atoms with Crippen LogP contribution in [0.5, 0.6) is 5.75 Å². The molecule has 1 aliphatic rings. The first kappa shape index (κ1) is 13.0. The number of hydrogen-bond acceptors (Lipinski definition) is 5. The lowest BCUT2D eigenvalue weighted by molar-refractivity contribution is 0.102. The molecule has 0 unspecified atom stereocenters. The highest BCUT2D eigenvalue weighted by Crippen LogP contribution is 2.26. The molecule has 0 atom stereocenters. The maximum atomic E-state index is 13.6. The Hall–Kier alpha value is -1.99. The third-order valence-corrected chi connectivity index (χ3v) is 4.03. The second-order valence-electron chi connectivity index (χ2n) is 4.43. The van der Waals surface area contributed by atoms with E-state index >= 15 is 0 Å². The molecule has 1 aromatic carbocycles.